The Morgan fingerprint density at radius 1 is 1.25 bits per heavy atom. The summed E-state index contributed by atoms with van der Waals surface area (Å²) in [5.41, 5.74) is 2.01. The van der Waals surface area contributed by atoms with Crippen LogP contribution in [-0.4, -0.2) is 9.55 Å². The summed E-state index contributed by atoms with van der Waals surface area (Å²) in [5.74, 6) is 2.94. The molecule has 1 fully saturated rings. The zero-order valence-electron chi connectivity index (χ0n) is 11.9. The van der Waals surface area contributed by atoms with Crippen molar-refractivity contribution < 1.29 is 0 Å². The molecule has 4 heteroatoms. The molecule has 0 bridgehead atoms. The SMILES string of the molecule is CC1CCC(n2c(CCl)nc3c(Cl)cccc32)CC1C. The van der Waals surface area contributed by atoms with Gasteiger partial charge in [-0.25, -0.2) is 4.98 Å². The first-order chi connectivity index (χ1) is 9.61. The van der Waals surface area contributed by atoms with Crippen molar-refractivity contribution in [1.29, 1.82) is 0 Å². The summed E-state index contributed by atoms with van der Waals surface area (Å²) in [4.78, 5) is 4.65. The van der Waals surface area contributed by atoms with Crippen LogP contribution in [0, 0.1) is 11.8 Å². The summed E-state index contributed by atoms with van der Waals surface area (Å²) in [7, 11) is 0. The molecule has 2 aromatic rings. The summed E-state index contributed by atoms with van der Waals surface area (Å²) in [6, 6.07) is 6.49. The molecule has 0 N–H and O–H groups in total. The van der Waals surface area contributed by atoms with Gasteiger partial charge in [0.15, 0.2) is 0 Å². The van der Waals surface area contributed by atoms with Crippen molar-refractivity contribution in [2.45, 2.75) is 45.0 Å². The molecule has 1 heterocycles. The Kier molecular flexibility index (Phi) is 3.96. The molecule has 108 valence electrons. The van der Waals surface area contributed by atoms with E-state index in [9.17, 15) is 0 Å². The smallest absolute Gasteiger partial charge is 0.125 e. The third-order valence-corrected chi connectivity index (χ3v) is 5.34. The lowest BCUT2D eigenvalue weighted by Gasteiger charge is -2.33. The van der Waals surface area contributed by atoms with Gasteiger partial charge in [0.2, 0.25) is 0 Å². The summed E-state index contributed by atoms with van der Waals surface area (Å²) < 4.78 is 2.33. The van der Waals surface area contributed by atoms with E-state index < -0.39 is 0 Å². The molecule has 0 amide bonds. The standard InChI is InChI=1S/C16H20Cl2N2/c1-10-6-7-12(8-11(10)2)20-14-5-3-4-13(18)16(14)19-15(20)9-17/h3-5,10-12H,6-9H2,1-2H3. The van der Waals surface area contributed by atoms with Crippen molar-refractivity contribution in [1.82, 2.24) is 9.55 Å². The first-order valence-corrected chi connectivity index (χ1v) is 8.24. The number of rotatable bonds is 2. The number of nitrogens with zero attached hydrogens (tertiary/aromatic N) is 2. The fraction of sp³-hybridized carbons (Fsp3) is 0.562. The Bertz CT molecular complexity index is 620. The Morgan fingerprint density at radius 3 is 2.75 bits per heavy atom. The first kappa shape index (κ1) is 14.2. The normalized spacial score (nSPS) is 27.1. The van der Waals surface area contributed by atoms with Gasteiger partial charge >= 0.3 is 0 Å². The Morgan fingerprint density at radius 2 is 2.05 bits per heavy atom. The van der Waals surface area contributed by atoms with Gasteiger partial charge in [-0.2, -0.15) is 0 Å². The maximum atomic E-state index is 6.27. The van der Waals surface area contributed by atoms with E-state index in [0.717, 1.165) is 28.7 Å². The zero-order valence-corrected chi connectivity index (χ0v) is 13.5. The van der Waals surface area contributed by atoms with Gasteiger partial charge in [-0.1, -0.05) is 31.5 Å². The Balaban J connectivity index is 2.08. The minimum atomic E-state index is 0.436. The average molecular weight is 311 g/mol. The van der Waals surface area contributed by atoms with Crippen LogP contribution in [-0.2, 0) is 5.88 Å². The number of alkyl halides is 1. The minimum Gasteiger partial charge on any atom is -0.324 e. The summed E-state index contributed by atoms with van der Waals surface area (Å²) in [6.07, 6.45) is 3.67. The third-order valence-electron chi connectivity index (χ3n) is 4.80. The van der Waals surface area contributed by atoms with E-state index in [2.05, 4.69) is 29.5 Å². The molecule has 3 atom stereocenters. The maximum Gasteiger partial charge on any atom is 0.125 e. The van der Waals surface area contributed by atoms with Crippen LogP contribution in [0.5, 0.6) is 0 Å². The lowest BCUT2D eigenvalue weighted by Crippen LogP contribution is -2.24. The van der Waals surface area contributed by atoms with Crippen LogP contribution in [0.2, 0.25) is 5.02 Å². The molecule has 3 unspecified atom stereocenters. The molecule has 0 radical (unpaired) electrons. The second-order valence-corrected chi connectivity index (χ2v) is 6.74. The predicted octanol–water partition coefficient (Wildman–Crippen LogP) is 5.43. The van der Waals surface area contributed by atoms with Crippen molar-refractivity contribution in [3.8, 4) is 0 Å². The molecule has 3 rings (SSSR count). The Hall–Kier alpha value is -0.730. The monoisotopic (exact) mass is 310 g/mol. The van der Waals surface area contributed by atoms with E-state index in [1.165, 1.54) is 19.3 Å². The topological polar surface area (TPSA) is 17.8 Å². The van der Waals surface area contributed by atoms with Crippen molar-refractivity contribution >= 4 is 34.2 Å². The average Bonchev–Trinajstić information content (AvgIpc) is 2.82. The van der Waals surface area contributed by atoms with Crippen LogP contribution in [0.15, 0.2) is 18.2 Å². The van der Waals surface area contributed by atoms with Gasteiger partial charge < -0.3 is 4.57 Å². The molecular weight excluding hydrogens is 291 g/mol. The number of halogens is 2. The van der Waals surface area contributed by atoms with E-state index in [0.29, 0.717) is 16.9 Å². The molecule has 1 aromatic heterocycles. The number of aromatic nitrogens is 2. The van der Waals surface area contributed by atoms with Crippen molar-refractivity contribution in [3.63, 3.8) is 0 Å². The summed E-state index contributed by atoms with van der Waals surface area (Å²) in [6.45, 7) is 4.70. The molecule has 0 spiro atoms. The predicted molar refractivity (Wildman–Crippen MR) is 85.5 cm³/mol. The van der Waals surface area contributed by atoms with Crippen LogP contribution in [0.1, 0.15) is 45.0 Å². The van der Waals surface area contributed by atoms with Crippen molar-refractivity contribution in [2.75, 3.05) is 0 Å². The molecular formula is C16H20Cl2N2. The molecule has 1 aliphatic rings. The van der Waals surface area contributed by atoms with Gasteiger partial charge in [0.1, 0.15) is 11.3 Å². The molecule has 20 heavy (non-hydrogen) atoms. The van der Waals surface area contributed by atoms with Crippen LogP contribution in [0.4, 0.5) is 0 Å². The lowest BCUT2D eigenvalue weighted by atomic mass is 9.79. The van der Waals surface area contributed by atoms with Gasteiger partial charge in [0, 0.05) is 6.04 Å². The fourth-order valence-corrected chi connectivity index (χ4v) is 3.79. The highest BCUT2D eigenvalue weighted by Gasteiger charge is 2.28. The molecule has 0 saturated heterocycles. The number of fused-ring (bicyclic) bond motifs is 1. The van der Waals surface area contributed by atoms with Gasteiger partial charge in [0.25, 0.3) is 0 Å². The van der Waals surface area contributed by atoms with Gasteiger partial charge in [-0.05, 0) is 43.2 Å². The highest BCUT2D eigenvalue weighted by atomic mass is 35.5. The molecule has 1 saturated carbocycles. The molecule has 2 nitrogen and oxygen atoms in total. The number of hydrogen-bond donors (Lipinski definition) is 0. The molecule has 0 aliphatic heterocycles. The van der Waals surface area contributed by atoms with Crippen LogP contribution >= 0.6 is 23.2 Å². The first-order valence-electron chi connectivity index (χ1n) is 7.33. The number of para-hydroxylation sites is 1. The quantitative estimate of drug-likeness (QED) is 0.677. The molecule has 1 aromatic carbocycles. The van der Waals surface area contributed by atoms with E-state index >= 15 is 0 Å². The van der Waals surface area contributed by atoms with E-state index in [1.54, 1.807) is 0 Å². The van der Waals surface area contributed by atoms with Crippen LogP contribution < -0.4 is 0 Å². The number of benzene rings is 1. The number of hydrogen-bond acceptors (Lipinski definition) is 1. The van der Waals surface area contributed by atoms with Crippen molar-refractivity contribution in [3.05, 3.63) is 29.0 Å². The highest BCUT2D eigenvalue weighted by Crippen LogP contribution is 2.39. The van der Waals surface area contributed by atoms with Crippen molar-refractivity contribution in [2.24, 2.45) is 11.8 Å². The van der Waals surface area contributed by atoms with E-state index in [4.69, 9.17) is 23.2 Å². The van der Waals surface area contributed by atoms with Crippen LogP contribution in [0.3, 0.4) is 0 Å². The van der Waals surface area contributed by atoms with Crippen LogP contribution in [0.25, 0.3) is 11.0 Å². The van der Waals surface area contributed by atoms with Gasteiger partial charge in [-0.15, -0.1) is 11.6 Å². The maximum absolute atomic E-state index is 6.27. The zero-order chi connectivity index (χ0) is 14.3. The molecule has 1 aliphatic carbocycles. The van der Waals surface area contributed by atoms with Gasteiger partial charge in [0.05, 0.1) is 16.4 Å². The second-order valence-electron chi connectivity index (χ2n) is 6.06. The largest absolute Gasteiger partial charge is 0.324 e. The Labute approximate surface area is 130 Å². The second kappa shape index (κ2) is 5.57. The lowest BCUT2D eigenvalue weighted by molar-refractivity contribution is 0.211. The summed E-state index contributed by atoms with van der Waals surface area (Å²) in [5, 5.41) is 0.713. The fourth-order valence-electron chi connectivity index (χ4n) is 3.39. The van der Waals surface area contributed by atoms with E-state index in [1.807, 2.05) is 12.1 Å². The highest BCUT2D eigenvalue weighted by molar-refractivity contribution is 6.35. The van der Waals surface area contributed by atoms with E-state index in [-0.39, 0.29) is 0 Å². The minimum absolute atomic E-state index is 0.436. The third kappa shape index (κ3) is 2.33. The van der Waals surface area contributed by atoms with Gasteiger partial charge in [-0.3, -0.25) is 0 Å². The summed E-state index contributed by atoms with van der Waals surface area (Å²) >= 11 is 12.4. The number of imidazole rings is 1.